The number of carbonyl (C=O) groups excluding carboxylic acids is 1. The predicted octanol–water partition coefficient (Wildman–Crippen LogP) is 5.61. The van der Waals surface area contributed by atoms with E-state index in [2.05, 4.69) is 24.0 Å². The molecule has 34 heavy (non-hydrogen) atoms. The number of halogens is 1. The zero-order valence-electron chi connectivity index (χ0n) is 19.9. The number of hydrogen-bond donors (Lipinski definition) is 0. The Kier molecular flexibility index (Phi) is 6.86. The molecular formula is C26H28FN5O2. The largest absolute Gasteiger partial charge is 0.420 e. The van der Waals surface area contributed by atoms with Crippen molar-refractivity contribution in [3.05, 3.63) is 71.4 Å². The molecule has 0 atom stereocenters. The first-order valence-corrected chi connectivity index (χ1v) is 11.5. The number of aromatic nitrogens is 4. The first kappa shape index (κ1) is 23.4. The van der Waals surface area contributed by atoms with E-state index >= 15 is 0 Å². The minimum atomic E-state index is -0.313. The van der Waals surface area contributed by atoms with Crippen molar-refractivity contribution in [2.24, 2.45) is 0 Å². The molecule has 0 aliphatic heterocycles. The molecule has 7 nitrogen and oxygen atoms in total. The standard InChI is InChI=1S/C26H28FN5O2/c1-5-15-31(16-6-2)26(33)20-9-13-22(14-10-20)32-24(19-7-11-21(27)12-8-19)17(3)23(30-32)25-29-28-18(4)34-25/h7-14H,5-6,15-16H2,1-4H3. The lowest BCUT2D eigenvalue weighted by Crippen LogP contribution is -2.32. The Balaban J connectivity index is 1.77. The number of aryl methyl sites for hydroxylation is 1. The maximum absolute atomic E-state index is 13.6. The van der Waals surface area contributed by atoms with Crippen molar-refractivity contribution in [3.8, 4) is 28.5 Å². The smallest absolute Gasteiger partial charge is 0.268 e. The van der Waals surface area contributed by atoms with E-state index in [0.29, 0.717) is 23.0 Å². The van der Waals surface area contributed by atoms with Gasteiger partial charge in [-0.15, -0.1) is 10.2 Å². The molecule has 2 aromatic carbocycles. The monoisotopic (exact) mass is 461 g/mol. The third-order valence-corrected chi connectivity index (χ3v) is 5.60. The van der Waals surface area contributed by atoms with Crippen LogP contribution in [0.4, 0.5) is 4.39 Å². The molecule has 0 saturated heterocycles. The summed E-state index contributed by atoms with van der Waals surface area (Å²) in [5.74, 6) is 0.469. The molecular weight excluding hydrogens is 433 g/mol. The number of rotatable bonds is 8. The highest BCUT2D eigenvalue weighted by molar-refractivity contribution is 5.94. The highest BCUT2D eigenvalue weighted by Gasteiger charge is 2.22. The Bertz CT molecular complexity index is 1270. The van der Waals surface area contributed by atoms with E-state index in [1.807, 2.05) is 36.1 Å². The lowest BCUT2D eigenvalue weighted by Gasteiger charge is -2.21. The van der Waals surface area contributed by atoms with E-state index < -0.39 is 0 Å². The number of carbonyl (C=O) groups is 1. The molecule has 2 aromatic heterocycles. The Hall–Kier alpha value is -3.81. The summed E-state index contributed by atoms with van der Waals surface area (Å²) in [5.41, 5.74) is 4.35. The van der Waals surface area contributed by atoms with Crippen molar-refractivity contribution in [2.75, 3.05) is 13.1 Å². The second kappa shape index (κ2) is 9.99. The Morgan fingerprint density at radius 3 is 2.18 bits per heavy atom. The highest BCUT2D eigenvalue weighted by Crippen LogP contribution is 2.33. The molecule has 8 heteroatoms. The van der Waals surface area contributed by atoms with Crippen LogP contribution in [0.2, 0.25) is 0 Å². The SMILES string of the molecule is CCCN(CCC)C(=O)c1ccc(-n2nc(-c3nnc(C)o3)c(C)c2-c2ccc(F)cc2)cc1. The van der Waals surface area contributed by atoms with Crippen LogP contribution >= 0.6 is 0 Å². The minimum absolute atomic E-state index is 0.0210. The van der Waals surface area contributed by atoms with Crippen molar-refractivity contribution >= 4 is 5.91 Å². The van der Waals surface area contributed by atoms with Crippen LogP contribution in [-0.4, -0.2) is 43.9 Å². The minimum Gasteiger partial charge on any atom is -0.420 e. The number of hydrogen-bond acceptors (Lipinski definition) is 5. The second-order valence-corrected chi connectivity index (χ2v) is 8.21. The molecule has 2 heterocycles. The van der Waals surface area contributed by atoms with Gasteiger partial charge in [0.1, 0.15) is 5.82 Å². The topological polar surface area (TPSA) is 77.1 Å². The van der Waals surface area contributed by atoms with Gasteiger partial charge in [-0.25, -0.2) is 9.07 Å². The second-order valence-electron chi connectivity index (χ2n) is 8.21. The van der Waals surface area contributed by atoms with Gasteiger partial charge in [-0.2, -0.15) is 5.10 Å². The Morgan fingerprint density at radius 2 is 1.62 bits per heavy atom. The average Bonchev–Trinajstić information content (AvgIpc) is 3.42. The molecule has 0 radical (unpaired) electrons. The van der Waals surface area contributed by atoms with E-state index in [1.54, 1.807) is 23.7 Å². The van der Waals surface area contributed by atoms with E-state index in [-0.39, 0.29) is 11.7 Å². The van der Waals surface area contributed by atoms with Gasteiger partial charge < -0.3 is 9.32 Å². The molecule has 0 aliphatic carbocycles. The lowest BCUT2D eigenvalue weighted by molar-refractivity contribution is 0.0755. The van der Waals surface area contributed by atoms with Crippen molar-refractivity contribution in [1.29, 1.82) is 0 Å². The summed E-state index contributed by atoms with van der Waals surface area (Å²) in [6.45, 7) is 9.24. The molecule has 4 rings (SSSR count). The quantitative estimate of drug-likeness (QED) is 0.341. The fourth-order valence-corrected chi connectivity index (χ4v) is 4.01. The van der Waals surface area contributed by atoms with Crippen molar-refractivity contribution in [2.45, 2.75) is 40.5 Å². The molecule has 0 spiro atoms. The van der Waals surface area contributed by atoms with Gasteiger partial charge in [0.15, 0.2) is 5.69 Å². The van der Waals surface area contributed by atoms with Crippen molar-refractivity contribution in [1.82, 2.24) is 24.9 Å². The first-order chi connectivity index (χ1) is 16.4. The fourth-order valence-electron chi connectivity index (χ4n) is 4.01. The summed E-state index contributed by atoms with van der Waals surface area (Å²) in [5, 5.41) is 12.8. The van der Waals surface area contributed by atoms with Crippen LogP contribution in [-0.2, 0) is 0 Å². The maximum Gasteiger partial charge on any atom is 0.268 e. The number of nitrogens with zero attached hydrogens (tertiary/aromatic N) is 5. The fraction of sp³-hybridized carbons (Fsp3) is 0.308. The summed E-state index contributed by atoms with van der Waals surface area (Å²) >= 11 is 0. The molecule has 0 N–H and O–H groups in total. The van der Waals surface area contributed by atoms with Gasteiger partial charge in [-0.3, -0.25) is 4.79 Å². The third-order valence-electron chi connectivity index (χ3n) is 5.60. The van der Waals surface area contributed by atoms with Gasteiger partial charge >= 0.3 is 0 Å². The molecule has 1 amide bonds. The molecule has 0 fully saturated rings. The first-order valence-electron chi connectivity index (χ1n) is 11.5. The van der Waals surface area contributed by atoms with E-state index in [4.69, 9.17) is 9.52 Å². The van der Waals surface area contributed by atoms with Gasteiger partial charge in [0.25, 0.3) is 11.8 Å². The molecule has 0 bridgehead atoms. The zero-order valence-corrected chi connectivity index (χ0v) is 19.9. The predicted molar refractivity (Wildman–Crippen MR) is 128 cm³/mol. The van der Waals surface area contributed by atoms with Gasteiger partial charge in [0.05, 0.1) is 11.4 Å². The Morgan fingerprint density at radius 1 is 0.971 bits per heavy atom. The van der Waals surface area contributed by atoms with Crippen LogP contribution in [0.25, 0.3) is 28.5 Å². The normalized spacial score (nSPS) is 11.1. The highest BCUT2D eigenvalue weighted by atomic mass is 19.1. The van der Waals surface area contributed by atoms with Crippen LogP contribution in [0.5, 0.6) is 0 Å². The molecule has 176 valence electrons. The number of amides is 1. The summed E-state index contributed by atoms with van der Waals surface area (Å²) < 4.78 is 21.0. The number of benzene rings is 2. The van der Waals surface area contributed by atoms with Gasteiger partial charge in [0, 0.05) is 36.7 Å². The molecule has 4 aromatic rings. The molecule has 0 unspecified atom stereocenters. The summed E-state index contributed by atoms with van der Waals surface area (Å²) in [7, 11) is 0. The van der Waals surface area contributed by atoms with Crippen LogP contribution in [0.15, 0.2) is 52.9 Å². The van der Waals surface area contributed by atoms with Crippen molar-refractivity contribution < 1.29 is 13.6 Å². The van der Waals surface area contributed by atoms with E-state index in [0.717, 1.165) is 48.4 Å². The van der Waals surface area contributed by atoms with E-state index in [1.165, 1.54) is 12.1 Å². The van der Waals surface area contributed by atoms with Crippen LogP contribution in [0.3, 0.4) is 0 Å². The van der Waals surface area contributed by atoms with Crippen LogP contribution < -0.4 is 0 Å². The van der Waals surface area contributed by atoms with Crippen LogP contribution in [0, 0.1) is 19.7 Å². The van der Waals surface area contributed by atoms with Gasteiger partial charge in [0.2, 0.25) is 5.89 Å². The Labute approximate surface area is 198 Å². The molecule has 0 aliphatic rings. The summed E-state index contributed by atoms with van der Waals surface area (Å²) in [6, 6.07) is 13.6. The van der Waals surface area contributed by atoms with Gasteiger partial charge in [-0.05, 0) is 68.3 Å². The third kappa shape index (κ3) is 4.62. The van der Waals surface area contributed by atoms with Crippen molar-refractivity contribution in [3.63, 3.8) is 0 Å². The zero-order chi connectivity index (χ0) is 24.2. The molecule has 0 saturated carbocycles. The summed E-state index contributed by atoms with van der Waals surface area (Å²) in [6.07, 6.45) is 1.82. The summed E-state index contributed by atoms with van der Waals surface area (Å²) in [4.78, 5) is 14.9. The van der Waals surface area contributed by atoms with E-state index in [9.17, 15) is 9.18 Å². The van der Waals surface area contributed by atoms with Crippen LogP contribution in [0.1, 0.15) is 48.5 Å². The van der Waals surface area contributed by atoms with Gasteiger partial charge in [-0.1, -0.05) is 13.8 Å². The maximum atomic E-state index is 13.6. The average molecular weight is 462 g/mol. The lowest BCUT2D eigenvalue weighted by atomic mass is 10.1.